The summed E-state index contributed by atoms with van der Waals surface area (Å²) in [6, 6.07) is 0. The molecule has 4 heteroatoms. The summed E-state index contributed by atoms with van der Waals surface area (Å²) >= 11 is -1.14. The van der Waals surface area contributed by atoms with Gasteiger partial charge in [-0.1, -0.05) is 0 Å². The van der Waals surface area contributed by atoms with Crippen molar-refractivity contribution < 1.29 is 41.3 Å². The third-order valence-corrected chi connectivity index (χ3v) is 5.19. The molecule has 0 unspecified atom stereocenters. The van der Waals surface area contributed by atoms with E-state index >= 15 is 0 Å². The van der Waals surface area contributed by atoms with E-state index in [1.165, 1.54) is 0 Å². The maximum atomic E-state index is 11.6. The summed E-state index contributed by atoms with van der Waals surface area (Å²) in [5.74, 6) is 0.363. The fraction of sp³-hybridized carbons (Fsp3) is 0.933. The minimum absolute atomic E-state index is 0.107. The van der Waals surface area contributed by atoms with Crippen molar-refractivity contribution in [1.82, 2.24) is 0 Å². The molecule has 0 aliphatic rings. The van der Waals surface area contributed by atoms with Crippen LogP contribution < -0.4 is 0 Å². The molecule has 19 heavy (non-hydrogen) atoms. The van der Waals surface area contributed by atoms with Crippen LogP contribution in [0.3, 0.4) is 0 Å². The summed E-state index contributed by atoms with van der Waals surface area (Å²) in [5, 5.41) is 0. The van der Waals surface area contributed by atoms with E-state index in [9.17, 15) is 4.79 Å². The molecule has 0 aromatic carbocycles. The van der Waals surface area contributed by atoms with Crippen LogP contribution in [0.15, 0.2) is 0 Å². The van der Waals surface area contributed by atoms with Gasteiger partial charge in [-0.3, -0.25) is 0 Å². The molecule has 0 aromatic heterocycles. The Labute approximate surface area is 135 Å². The Bertz CT molecular complexity index is 251. The first-order chi connectivity index (χ1) is 8.60. The second-order valence-electron chi connectivity index (χ2n) is 7.44. The predicted molar refractivity (Wildman–Crippen MR) is 74.7 cm³/mol. The number of rotatable bonds is 9. The minimum atomic E-state index is -1.14. The number of ether oxygens (including phenoxy) is 1. The molecule has 0 atom stereocenters. The fourth-order valence-electron chi connectivity index (χ4n) is 1.49. The Morgan fingerprint density at radius 3 is 2.11 bits per heavy atom. The second-order valence-corrected chi connectivity index (χ2v) is 10.1. The number of ketones is 1. The summed E-state index contributed by atoms with van der Waals surface area (Å²) in [6.45, 7) is 15.0. The normalized spacial score (nSPS) is 12.3. The van der Waals surface area contributed by atoms with Crippen LogP contribution in [-0.4, -0.2) is 25.6 Å². The number of hydrogen-bond acceptors (Lipinski definition) is 3. The van der Waals surface area contributed by atoms with E-state index in [2.05, 4.69) is 41.5 Å². The zero-order valence-corrected chi connectivity index (χ0v) is 16.4. The van der Waals surface area contributed by atoms with E-state index < -0.39 is 29.7 Å². The van der Waals surface area contributed by atoms with Crippen LogP contribution in [0.1, 0.15) is 54.4 Å². The summed E-state index contributed by atoms with van der Waals surface area (Å²) < 4.78 is 11.8. The van der Waals surface area contributed by atoms with Crippen LogP contribution in [0.4, 0.5) is 0 Å². The number of Topliss-reactive ketones (excluding diaryl/α,β-unsaturated/α-hetero) is 1. The molecule has 0 saturated carbocycles. The average molecular weight is 347 g/mol. The summed E-state index contributed by atoms with van der Waals surface area (Å²) in [6.07, 6.45) is 1.74. The van der Waals surface area contributed by atoms with E-state index in [0.29, 0.717) is 34.1 Å². The Morgan fingerprint density at radius 2 is 1.58 bits per heavy atom. The molecule has 0 spiro atoms. The van der Waals surface area contributed by atoms with Gasteiger partial charge in [-0.15, -0.1) is 0 Å². The molecule has 0 amide bonds. The number of carbonyl (C=O) groups excluding carboxylic acids is 1. The zero-order chi connectivity index (χ0) is 14.9. The van der Waals surface area contributed by atoms with Gasteiger partial charge in [0, 0.05) is 0 Å². The van der Waals surface area contributed by atoms with Crippen LogP contribution in [0.2, 0.25) is 3.23 Å². The number of carbonyl (C=O) groups is 1. The van der Waals surface area contributed by atoms with Crippen molar-refractivity contribution in [2.75, 3.05) is 19.8 Å². The van der Waals surface area contributed by atoms with Gasteiger partial charge in [-0.05, 0) is 0 Å². The van der Waals surface area contributed by atoms with Crippen LogP contribution in [0.25, 0.3) is 0 Å². The van der Waals surface area contributed by atoms with Gasteiger partial charge in [-0.25, -0.2) is 0 Å². The Balaban J connectivity index is 3.35. The van der Waals surface area contributed by atoms with Crippen molar-refractivity contribution in [2.24, 2.45) is 10.8 Å². The molecule has 0 fully saturated rings. The van der Waals surface area contributed by atoms with E-state index in [1.807, 2.05) is 0 Å². The molecule has 0 aromatic rings. The van der Waals surface area contributed by atoms with Crippen molar-refractivity contribution in [1.29, 1.82) is 0 Å². The average Bonchev–Trinajstić information content (AvgIpc) is 2.17. The molecular formula is C15H30O3Y. The van der Waals surface area contributed by atoms with Gasteiger partial charge < -0.3 is 0 Å². The fourth-order valence-corrected chi connectivity index (χ4v) is 3.23. The van der Waals surface area contributed by atoms with Crippen molar-refractivity contribution in [3.8, 4) is 0 Å². The van der Waals surface area contributed by atoms with Gasteiger partial charge in [0.15, 0.2) is 0 Å². The van der Waals surface area contributed by atoms with Gasteiger partial charge in [-0.2, -0.15) is 0 Å². The SMILES string of the molecule is CC(C)(C)CCOCC[O][Y][CH2]C(=O)CC(C)(C)C. The van der Waals surface area contributed by atoms with Gasteiger partial charge in [0.25, 0.3) is 0 Å². The molecule has 111 valence electrons. The molecule has 0 N–H and O–H groups in total. The van der Waals surface area contributed by atoms with Crippen LogP contribution in [0, 0.1) is 10.8 Å². The van der Waals surface area contributed by atoms with E-state index in [4.69, 9.17) is 6.79 Å². The quantitative estimate of drug-likeness (QED) is 0.594. The second kappa shape index (κ2) is 9.60. The molecular weight excluding hydrogens is 317 g/mol. The van der Waals surface area contributed by atoms with E-state index in [-0.39, 0.29) is 5.41 Å². The van der Waals surface area contributed by atoms with E-state index in [1.54, 1.807) is 0 Å². The Morgan fingerprint density at radius 1 is 0.947 bits per heavy atom. The molecule has 0 saturated heterocycles. The van der Waals surface area contributed by atoms with Crippen molar-refractivity contribution in [3.05, 3.63) is 0 Å². The van der Waals surface area contributed by atoms with Crippen molar-refractivity contribution in [3.63, 3.8) is 0 Å². The Hall–Kier alpha value is 0.694. The summed E-state index contributed by atoms with van der Waals surface area (Å²) in [4.78, 5) is 11.6. The maximum absolute atomic E-state index is 11.6. The third kappa shape index (κ3) is 16.6. The number of hydrogen-bond donors (Lipinski definition) is 0. The first-order valence-electron chi connectivity index (χ1n) is 7.13. The zero-order valence-electron chi connectivity index (χ0n) is 13.5. The molecule has 0 aliphatic carbocycles. The predicted octanol–water partition coefficient (Wildman–Crippen LogP) is 3.88. The van der Waals surface area contributed by atoms with Crippen molar-refractivity contribution >= 4 is 5.78 Å². The van der Waals surface area contributed by atoms with Crippen LogP contribution in [0.5, 0.6) is 0 Å². The van der Waals surface area contributed by atoms with Crippen molar-refractivity contribution in [2.45, 2.75) is 57.6 Å². The van der Waals surface area contributed by atoms with Gasteiger partial charge in [0.05, 0.1) is 0 Å². The van der Waals surface area contributed by atoms with Crippen LogP contribution in [-0.2, 0) is 41.3 Å². The first kappa shape index (κ1) is 19.7. The molecule has 0 rings (SSSR count). The van der Waals surface area contributed by atoms with Crippen LogP contribution >= 0.6 is 0 Å². The van der Waals surface area contributed by atoms with E-state index in [0.717, 1.165) is 13.0 Å². The molecule has 0 aliphatic heterocycles. The van der Waals surface area contributed by atoms with Gasteiger partial charge >= 0.3 is 135 Å². The summed E-state index contributed by atoms with van der Waals surface area (Å²) in [5.41, 5.74) is 0.438. The van der Waals surface area contributed by atoms with Gasteiger partial charge in [0.1, 0.15) is 0 Å². The summed E-state index contributed by atoms with van der Waals surface area (Å²) in [7, 11) is 0. The van der Waals surface area contributed by atoms with Gasteiger partial charge in [0.2, 0.25) is 0 Å². The molecule has 3 nitrogen and oxygen atoms in total. The molecule has 0 heterocycles. The third-order valence-electron chi connectivity index (χ3n) is 2.50. The Kier molecular flexibility index (Phi) is 9.95. The standard InChI is InChI=1S/C8H17O2.C7H13O.Y/c1-8(2,3)4-6-10-7-5-9;1-6(8)5-7(2,3)4;/h4-7H2,1-3H3;1,5H2,2-4H3;/q-1;;+1. The topological polar surface area (TPSA) is 35.5 Å². The first-order valence-corrected chi connectivity index (χ1v) is 10.3. The molecule has 0 bridgehead atoms. The monoisotopic (exact) mass is 347 g/mol. The molecule has 0 radical (unpaired) electrons.